The second kappa shape index (κ2) is 8.87. The van der Waals surface area contributed by atoms with Crippen LogP contribution in [0.15, 0.2) is 23.2 Å². The fourth-order valence-electron chi connectivity index (χ4n) is 2.27. The summed E-state index contributed by atoms with van der Waals surface area (Å²) in [7, 11) is 0. The van der Waals surface area contributed by atoms with Gasteiger partial charge >= 0.3 is 0 Å². The lowest BCUT2D eigenvalue weighted by molar-refractivity contribution is -0.115. The summed E-state index contributed by atoms with van der Waals surface area (Å²) in [5.41, 5.74) is 0.949. The molecule has 0 saturated carbocycles. The van der Waals surface area contributed by atoms with Crippen LogP contribution >= 0.6 is 0 Å². The van der Waals surface area contributed by atoms with E-state index in [0.29, 0.717) is 17.6 Å². The average molecular weight is 283 g/mol. The van der Waals surface area contributed by atoms with E-state index in [-0.39, 0.29) is 24.2 Å². The smallest absolute Gasteiger partial charge is 0.166 e. The molecule has 4 nitrogen and oxygen atoms in total. The van der Waals surface area contributed by atoms with Gasteiger partial charge in [-0.15, -0.1) is 0 Å². The van der Waals surface area contributed by atoms with Crippen LogP contribution in [0.4, 0.5) is 4.39 Å². The summed E-state index contributed by atoms with van der Waals surface area (Å²) in [5.74, 6) is -0.246. The second-order valence-corrected chi connectivity index (χ2v) is 4.80. The highest BCUT2D eigenvalue weighted by Crippen LogP contribution is 2.20. The molecule has 2 rings (SSSR count). The SMILES string of the molecule is CC.CC1=C(F)CNC=C1C(=O)CC1CNCCCN1. The second-order valence-electron chi connectivity index (χ2n) is 4.80. The molecular weight excluding hydrogens is 257 g/mol. The molecule has 1 unspecified atom stereocenters. The van der Waals surface area contributed by atoms with Crippen LogP contribution in [-0.4, -0.2) is 38.0 Å². The van der Waals surface area contributed by atoms with E-state index >= 15 is 0 Å². The van der Waals surface area contributed by atoms with Crippen molar-refractivity contribution in [2.75, 3.05) is 26.2 Å². The normalized spacial score (nSPS) is 23.0. The number of allylic oxidation sites excluding steroid dienone is 2. The molecule has 2 heterocycles. The van der Waals surface area contributed by atoms with E-state index in [2.05, 4.69) is 16.0 Å². The lowest BCUT2D eigenvalue weighted by atomic mass is 9.96. The van der Waals surface area contributed by atoms with Gasteiger partial charge < -0.3 is 16.0 Å². The highest BCUT2D eigenvalue weighted by atomic mass is 19.1. The van der Waals surface area contributed by atoms with E-state index in [1.807, 2.05) is 13.8 Å². The van der Waals surface area contributed by atoms with Crippen LogP contribution in [0.1, 0.15) is 33.6 Å². The predicted molar refractivity (Wildman–Crippen MR) is 80.1 cm³/mol. The molecule has 1 saturated heterocycles. The van der Waals surface area contributed by atoms with Crippen molar-refractivity contribution in [3.8, 4) is 0 Å². The first-order valence-corrected chi connectivity index (χ1v) is 7.45. The minimum Gasteiger partial charge on any atom is -0.384 e. The Hall–Kier alpha value is -1.20. The summed E-state index contributed by atoms with van der Waals surface area (Å²) in [6.45, 7) is 8.54. The third-order valence-corrected chi connectivity index (χ3v) is 3.40. The van der Waals surface area contributed by atoms with Gasteiger partial charge in [-0.25, -0.2) is 4.39 Å². The van der Waals surface area contributed by atoms with E-state index in [1.54, 1.807) is 13.1 Å². The van der Waals surface area contributed by atoms with E-state index in [1.165, 1.54) is 0 Å². The molecule has 0 aliphatic carbocycles. The van der Waals surface area contributed by atoms with Gasteiger partial charge in [0.1, 0.15) is 5.83 Å². The number of hydrogen-bond donors (Lipinski definition) is 3. The van der Waals surface area contributed by atoms with Crippen molar-refractivity contribution in [2.45, 2.75) is 39.7 Å². The molecule has 2 aliphatic heterocycles. The van der Waals surface area contributed by atoms with E-state index in [4.69, 9.17) is 0 Å². The summed E-state index contributed by atoms with van der Waals surface area (Å²) in [6, 6.07) is 0.138. The average Bonchev–Trinajstić information content (AvgIpc) is 2.72. The van der Waals surface area contributed by atoms with Gasteiger partial charge in [0.05, 0.1) is 6.54 Å². The molecule has 5 heteroatoms. The Bertz CT molecular complexity index is 383. The molecule has 20 heavy (non-hydrogen) atoms. The summed E-state index contributed by atoms with van der Waals surface area (Å²) >= 11 is 0. The number of rotatable bonds is 3. The van der Waals surface area contributed by atoms with E-state index in [9.17, 15) is 9.18 Å². The number of Topliss-reactive ketones (excluding diaryl/α,β-unsaturated/α-hetero) is 1. The third-order valence-electron chi connectivity index (χ3n) is 3.40. The number of dihydropyridines is 1. The van der Waals surface area contributed by atoms with Crippen LogP contribution < -0.4 is 16.0 Å². The van der Waals surface area contributed by atoms with Crippen LogP contribution in [0.2, 0.25) is 0 Å². The molecule has 0 spiro atoms. The zero-order valence-corrected chi connectivity index (χ0v) is 12.7. The molecule has 114 valence electrons. The first kappa shape index (κ1) is 16.9. The zero-order valence-electron chi connectivity index (χ0n) is 12.7. The Morgan fingerprint density at radius 1 is 1.40 bits per heavy atom. The van der Waals surface area contributed by atoms with Gasteiger partial charge in [-0.2, -0.15) is 0 Å². The monoisotopic (exact) mass is 283 g/mol. The van der Waals surface area contributed by atoms with Gasteiger partial charge in [0.15, 0.2) is 5.78 Å². The minimum atomic E-state index is -0.243. The zero-order chi connectivity index (χ0) is 15.0. The first-order chi connectivity index (χ1) is 9.68. The molecule has 1 fully saturated rings. The van der Waals surface area contributed by atoms with Crippen LogP contribution in [0.25, 0.3) is 0 Å². The van der Waals surface area contributed by atoms with E-state index in [0.717, 1.165) is 26.1 Å². The highest BCUT2D eigenvalue weighted by molar-refractivity contribution is 6.00. The van der Waals surface area contributed by atoms with Gasteiger partial charge in [0.2, 0.25) is 0 Å². The number of hydrogen-bond acceptors (Lipinski definition) is 4. The first-order valence-electron chi connectivity index (χ1n) is 7.45. The number of halogens is 1. The molecule has 0 aromatic rings. The van der Waals surface area contributed by atoms with Crippen molar-refractivity contribution in [1.29, 1.82) is 0 Å². The molecular formula is C15H26FN3O. The van der Waals surface area contributed by atoms with Crippen molar-refractivity contribution in [3.05, 3.63) is 23.2 Å². The molecule has 0 amide bonds. The van der Waals surface area contributed by atoms with Crippen LogP contribution in [0.3, 0.4) is 0 Å². The number of carbonyl (C=O) groups is 1. The lowest BCUT2D eigenvalue weighted by Crippen LogP contribution is -2.37. The number of carbonyl (C=O) groups excluding carboxylic acids is 1. The molecule has 0 aromatic heterocycles. The maximum Gasteiger partial charge on any atom is 0.166 e. The molecule has 3 N–H and O–H groups in total. The predicted octanol–water partition coefficient (Wildman–Crippen LogP) is 1.65. The van der Waals surface area contributed by atoms with E-state index < -0.39 is 0 Å². The summed E-state index contributed by atoms with van der Waals surface area (Å²) in [4.78, 5) is 12.2. The quantitative estimate of drug-likeness (QED) is 0.737. The Kier molecular flexibility index (Phi) is 7.47. The summed E-state index contributed by atoms with van der Waals surface area (Å²) in [6.07, 6.45) is 3.11. The fourth-order valence-corrected chi connectivity index (χ4v) is 2.27. The maximum absolute atomic E-state index is 13.4. The third kappa shape index (κ3) is 4.72. The number of nitrogens with one attached hydrogen (secondary N) is 3. The molecule has 0 bridgehead atoms. The van der Waals surface area contributed by atoms with Gasteiger partial charge in [-0.3, -0.25) is 4.79 Å². The molecule has 0 radical (unpaired) electrons. The number of ketones is 1. The van der Waals surface area contributed by atoms with Gasteiger partial charge in [-0.1, -0.05) is 13.8 Å². The highest BCUT2D eigenvalue weighted by Gasteiger charge is 2.22. The molecule has 1 atom stereocenters. The summed E-state index contributed by atoms with van der Waals surface area (Å²) < 4.78 is 13.4. The van der Waals surface area contributed by atoms with Crippen molar-refractivity contribution in [2.24, 2.45) is 0 Å². The molecule has 0 aromatic carbocycles. The fraction of sp³-hybridized carbons (Fsp3) is 0.667. The van der Waals surface area contributed by atoms with Crippen molar-refractivity contribution in [1.82, 2.24) is 16.0 Å². The lowest BCUT2D eigenvalue weighted by Gasteiger charge is -2.19. The molecule has 2 aliphatic rings. The van der Waals surface area contributed by atoms with Crippen molar-refractivity contribution >= 4 is 5.78 Å². The van der Waals surface area contributed by atoms with Gasteiger partial charge in [0, 0.05) is 30.8 Å². The van der Waals surface area contributed by atoms with Gasteiger partial charge in [0.25, 0.3) is 0 Å². The Labute approximate surface area is 120 Å². The van der Waals surface area contributed by atoms with Crippen LogP contribution in [0.5, 0.6) is 0 Å². The minimum absolute atomic E-state index is 0.00366. The topological polar surface area (TPSA) is 53.2 Å². The van der Waals surface area contributed by atoms with Crippen molar-refractivity contribution in [3.63, 3.8) is 0 Å². The Balaban J connectivity index is 0.000000956. The Morgan fingerprint density at radius 2 is 2.15 bits per heavy atom. The Morgan fingerprint density at radius 3 is 2.90 bits per heavy atom. The van der Waals surface area contributed by atoms with Crippen LogP contribution in [0, 0.1) is 0 Å². The van der Waals surface area contributed by atoms with Crippen LogP contribution in [-0.2, 0) is 4.79 Å². The van der Waals surface area contributed by atoms with Crippen molar-refractivity contribution < 1.29 is 9.18 Å². The van der Waals surface area contributed by atoms with Gasteiger partial charge in [-0.05, 0) is 32.0 Å². The summed E-state index contributed by atoms with van der Waals surface area (Å²) in [5, 5.41) is 9.42. The maximum atomic E-state index is 13.4. The largest absolute Gasteiger partial charge is 0.384 e. The standard InChI is InChI=1S/C13H20FN3O.C2H6/c1-9-11(7-16-8-12(9)14)13(18)5-10-6-15-3-2-4-17-10;1-2/h7,10,15-17H,2-6,8H2,1H3;1-2H3.